The number of aliphatic imine (C=N–C) groups is 1. The molecule has 0 amide bonds. The minimum Gasteiger partial charge on any atom is -0.508 e. The minimum absolute atomic E-state index is 0.373. The monoisotopic (exact) mass is 147 g/mol. The Morgan fingerprint density at radius 3 is 3.09 bits per heavy atom. The third-order valence-electron chi connectivity index (χ3n) is 1.87. The number of fused-ring (bicyclic) bond motifs is 1. The van der Waals surface area contributed by atoms with E-state index in [9.17, 15) is 5.11 Å². The van der Waals surface area contributed by atoms with Crippen LogP contribution in [0.2, 0.25) is 0 Å². The molecule has 0 saturated heterocycles. The molecule has 1 aromatic carbocycles. The van der Waals surface area contributed by atoms with Crippen LogP contribution in [0.15, 0.2) is 17.1 Å². The highest BCUT2D eigenvalue weighted by molar-refractivity contribution is 5.78. The number of nitrogens with zero attached hydrogens (tertiary/aromatic N) is 1. The first-order valence-corrected chi connectivity index (χ1v) is 3.62. The molecule has 56 valence electrons. The van der Waals surface area contributed by atoms with E-state index < -0.39 is 0 Å². The number of aromatic hydroxyl groups is 1. The SMILES string of the molecule is Cc1cc(O)c2c(c1)N=CC2. The van der Waals surface area contributed by atoms with Crippen molar-refractivity contribution in [3.63, 3.8) is 0 Å². The van der Waals surface area contributed by atoms with Gasteiger partial charge in [-0.3, -0.25) is 4.99 Å². The van der Waals surface area contributed by atoms with Gasteiger partial charge in [-0.25, -0.2) is 0 Å². The van der Waals surface area contributed by atoms with Crippen LogP contribution >= 0.6 is 0 Å². The van der Waals surface area contributed by atoms with Crippen molar-refractivity contribution >= 4 is 11.9 Å². The maximum absolute atomic E-state index is 9.43. The second-order valence-corrected chi connectivity index (χ2v) is 2.80. The second kappa shape index (κ2) is 2.09. The van der Waals surface area contributed by atoms with Gasteiger partial charge in [0.2, 0.25) is 0 Å². The zero-order valence-corrected chi connectivity index (χ0v) is 6.33. The molecule has 1 aromatic rings. The van der Waals surface area contributed by atoms with Crippen LogP contribution in [-0.4, -0.2) is 11.3 Å². The Morgan fingerprint density at radius 2 is 2.27 bits per heavy atom. The summed E-state index contributed by atoms with van der Waals surface area (Å²) in [6.45, 7) is 1.95. The molecule has 0 aliphatic carbocycles. The summed E-state index contributed by atoms with van der Waals surface area (Å²) in [5.74, 6) is 0.373. The predicted octanol–water partition coefficient (Wildman–Crippen LogP) is 1.96. The molecule has 2 nitrogen and oxygen atoms in total. The smallest absolute Gasteiger partial charge is 0.121 e. The van der Waals surface area contributed by atoms with Crippen LogP contribution in [0.25, 0.3) is 0 Å². The van der Waals surface area contributed by atoms with Gasteiger partial charge in [-0.1, -0.05) is 0 Å². The normalized spacial score (nSPS) is 13.5. The summed E-state index contributed by atoms with van der Waals surface area (Å²) in [7, 11) is 0. The number of aryl methyl sites for hydroxylation is 1. The highest BCUT2D eigenvalue weighted by atomic mass is 16.3. The maximum atomic E-state index is 9.43. The van der Waals surface area contributed by atoms with E-state index in [1.54, 1.807) is 6.07 Å². The third-order valence-corrected chi connectivity index (χ3v) is 1.87. The van der Waals surface area contributed by atoms with Crippen molar-refractivity contribution in [2.24, 2.45) is 4.99 Å². The zero-order valence-electron chi connectivity index (χ0n) is 6.33. The summed E-state index contributed by atoms with van der Waals surface area (Å²) < 4.78 is 0. The van der Waals surface area contributed by atoms with Crippen molar-refractivity contribution in [1.29, 1.82) is 0 Å². The quantitative estimate of drug-likeness (QED) is 0.597. The molecular formula is C9H9NO. The van der Waals surface area contributed by atoms with Crippen LogP contribution in [0, 0.1) is 6.92 Å². The molecule has 1 N–H and O–H groups in total. The molecule has 0 aromatic heterocycles. The average molecular weight is 147 g/mol. The Hall–Kier alpha value is -1.31. The molecule has 0 unspecified atom stereocenters. The fourth-order valence-corrected chi connectivity index (χ4v) is 1.34. The van der Waals surface area contributed by atoms with E-state index in [1.165, 1.54) is 0 Å². The number of hydrogen-bond donors (Lipinski definition) is 1. The van der Waals surface area contributed by atoms with E-state index in [-0.39, 0.29) is 0 Å². The lowest BCUT2D eigenvalue weighted by molar-refractivity contribution is 0.470. The van der Waals surface area contributed by atoms with Crippen LogP contribution < -0.4 is 0 Å². The van der Waals surface area contributed by atoms with Crippen molar-refractivity contribution < 1.29 is 5.11 Å². The van der Waals surface area contributed by atoms with Gasteiger partial charge in [0.1, 0.15) is 5.75 Å². The van der Waals surface area contributed by atoms with Crippen LogP contribution in [-0.2, 0) is 6.42 Å². The number of phenols is 1. The van der Waals surface area contributed by atoms with E-state index in [0.29, 0.717) is 5.75 Å². The standard InChI is InChI=1S/C9H9NO/c1-6-4-8-7(2-3-10-8)9(11)5-6/h3-5,11H,2H2,1H3. The minimum atomic E-state index is 0.373. The molecule has 2 rings (SSSR count). The Balaban J connectivity index is 2.66. The van der Waals surface area contributed by atoms with Gasteiger partial charge >= 0.3 is 0 Å². The molecule has 2 heteroatoms. The number of hydrogen-bond acceptors (Lipinski definition) is 2. The fourth-order valence-electron chi connectivity index (χ4n) is 1.34. The van der Waals surface area contributed by atoms with Crippen LogP contribution in [0.5, 0.6) is 5.75 Å². The predicted molar refractivity (Wildman–Crippen MR) is 44.7 cm³/mol. The molecule has 0 bridgehead atoms. The summed E-state index contributed by atoms with van der Waals surface area (Å²) in [6.07, 6.45) is 2.59. The lowest BCUT2D eigenvalue weighted by Crippen LogP contribution is -1.81. The van der Waals surface area contributed by atoms with E-state index in [4.69, 9.17) is 0 Å². The van der Waals surface area contributed by atoms with Crippen LogP contribution in [0.1, 0.15) is 11.1 Å². The molecule has 0 fully saturated rings. The molecule has 1 aliphatic heterocycles. The van der Waals surface area contributed by atoms with Gasteiger partial charge in [-0.05, 0) is 24.6 Å². The highest BCUT2D eigenvalue weighted by Crippen LogP contribution is 2.32. The molecule has 1 heterocycles. The van der Waals surface area contributed by atoms with E-state index in [2.05, 4.69) is 4.99 Å². The first-order chi connectivity index (χ1) is 5.27. The molecule has 0 radical (unpaired) electrons. The largest absolute Gasteiger partial charge is 0.508 e. The molecular weight excluding hydrogens is 138 g/mol. The van der Waals surface area contributed by atoms with Crippen LogP contribution in [0.3, 0.4) is 0 Å². The van der Waals surface area contributed by atoms with Crippen molar-refractivity contribution in [3.05, 3.63) is 23.3 Å². The van der Waals surface area contributed by atoms with Crippen molar-refractivity contribution in [2.45, 2.75) is 13.3 Å². The Bertz CT molecular complexity index is 329. The first kappa shape index (κ1) is 6.40. The molecule has 11 heavy (non-hydrogen) atoms. The number of phenolic OH excluding ortho intramolecular Hbond substituents is 1. The lowest BCUT2D eigenvalue weighted by atomic mass is 10.1. The molecule has 1 aliphatic rings. The Labute approximate surface area is 65.2 Å². The second-order valence-electron chi connectivity index (χ2n) is 2.80. The average Bonchev–Trinajstić information content (AvgIpc) is 2.34. The first-order valence-electron chi connectivity index (χ1n) is 3.62. The van der Waals surface area contributed by atoms with E-state index in [0.717, 1.165) is 23.2 Å². The number of rotatable bonds is 0. The molecule has 0 saturated carbocycles. The van der Waals surface area contributed by atoms with Gasteiger partial charge in [0.25, 0.3) is 0 Å². The highest BCUT2D eigenvalue weighted by Gasteiger charge is 2.10. The topological polar surface area (TPSA) is 32.6 Å². The van der Waals surface area contributed by atoms with Gasteiger partial charge in [0, 0.05) is 18.2 Å². The van der Waals surface area contributed by atoms with Crippen molar-refractivity contribution in [3.8, 4) is 5.75 Å². The fraction of sp³-hybridized carbons (Fsp3) is 0.222. The summed E-state index contributed by atoms with van der Waals surface area (Å²) >= 11 is 0. The third kappa shape index (κ3) is 0.909. The van der Waals surface area contributed by atoms with Crippen molar-refractivity contribution in [2.75, 3.05) is 0 Å². The van der Waals surface area contributed by atoms with Gasteiger partial charge in [-0.15, -0.1) is 0 Å². The van der Waals surface area contributed by atoms with Crippen molar-refractivity contribution in [1.82, 2.24) is 0 Å². The summed E-state index contributed by atoms with van der Waals surface area (Å²) in [6, 6.07) is 3.76. The zero-order chi connectivity index (χ0) is 7.84. The van der Waals surface area contributed by atoms with Gasteiger partial charge in [-0.2, -0.15) is 0 Å². The summed E-state index contributed by atoms with van der Waals surface area (Å²) in [5, 5.41) is 9.43. The molecule has 0 spiro atoms. The van der Waals surface area contributed by atoms with E-state index >= 15 is 0 Å². The van der Waals surface area contributed by atoms with Gasteiger partial charge < -0.3 is 5.11 Å². The lowest BCUT2D eigenvalue weighted by Gasteiger charge is -2.01. The Morgan fingerprint density at radius 1 is 1.45 bits per heavy atom. The summed E-state index contributed by atoms with van der Waals surface area (Å²) in [4.78, 5) is 4.14. The van der Waals surface area contributed by atoms with E-state index in [1.807, 2.05) is 19.2 Å². The van der Waals surface area contributed by atoms with Gasteiger partial charge in [0.05, 0.1) is 5.69 Å². The maximum Gasteiger partial charge on any atom is 0.121 e. The molecule has 0 atom stereocenters. The summed E-state index contributed by atoms with van der Waals surface area (Å²) in [5.41, 5.74) is 2.93. The Kier molecular flexibility index (Phi) is 1.22. The van der Waals surface area contributed by atoms with Gasteiger partial charge in [0.15, 0.2) is 0 Å². The number of benzene rings is 1. The van der Waals surface area contributed by atoms with Crippen LogP contribution in [0.4, 0.5) is 5.69 Å².